The van der Waals surface area contributed by atoms with Crippen molar-refractivity contribution in [3.05, 3.63) is 63.5 Å². The number of rotatable bonds is 5. The molecule has 1 unspecified atom stereocenters. The predicted molar refractivity (Wildman–Crippen MR) is 102 cm³/mol. The summed E-state index contributed by atoms with van der Waals surface area (Å²) in [7, 11) is 0. The summed E-state index contributed by atoms with van der Waals surface area (Å²) in [6, 6.07) is 2.63. The van der Waals surface area contributed by atoms with E-state index < -0.39 is 0 Å². The molecule has 1 aliphatic rings. The molecule has 0 bridgehead atoms. The number of allylic oxidation sites excluding steroid dienone is 5. The van der Waals surface area contributed by atoms with Gasteiger partial charge in [-0.3, -0.25) is 0 Å². The lowest BCUT2D eigenvalue weighted by Crippen LogP contribution is -2.26. The second kappa shape index (κ2) is 7.46. The zero-order valence-corrected chi connectivity index (χ0v) is 14.8. The van der Waals surface area contributed by atoms with Crippen LogP contribution in [-0.4, -0.2) is 6.04 Å². The molecule has 0 saturated heterocycles. The molecule has 0 saturated carbocycles. The van der Waals surface area contributed by atoms with Crippen LogP contribution < -0.4 is 5.32 Å². The van der Waals surface area contributed by atoms with E-state index in [-0.39, 0.29) is 0 Å². The zero-order valence-electron chi connectivity index (χ0n) is 13.9. The van der Waals surface area contributed by atoms with Gasteiger partial charge in [0.15, 0.2) is 0 Å². The fourth-order valence-electron chi connectivity index (χ4n) is 2.40. The van der Waals surface area contributed by atoms with Crippen LogP contribution in [0.4, 0.5) is 0 Å². The Labute approximate surface area is 138 Å². The van der Waals surface area contributed by atoms with Crippen molar-refractivity contribution in [3.63, 3.8) is 0 Å². The third kappa shape index (κ3) is 3.69. The van der Waals surface area contributed by atoms with Gasteiger partial charge in [-0.1, -0.05) is 37.8 Å². The fraction of sp³-hybridized carbons (Fsp3) is 0.300. The highest BCUT2D eigenvalue weighted by molar-refractivity contribution is 7.14. The van der Waals surface area contributed by atoms with E-state index in [0.29, 0.717) is 6.04 Å². The molecule has 0 aromatic carbocycles. The monoisotopic (exact) mass is 311 g/mol. The molecule has 2 heteroatoms. The Kier molecular flexibility index (Phi) is 5.62. The molecule has 1 aliphatic heterocycles. The quantitative estimate of drug-likeness (QED) is 0.699. The Bertz CT molecular complexity index is 668. The van der Waals surface area contributed by atoms with Crippen LogP contribution in [0.15, 0.2) is 48.2 Å². The molecule has 0 spiro atoms. The Morgan fingerprint density at radius 2 is 2.14 bits per heavy atom. The summed E-state index contributed by atoms with van der Waals surface area (Å²) in [6.45, 7) is 12.7. The molecule has 1 aromatic heterocycles. The van der Waals surface area contributed by atoms with Crippen molar-refractivity contribution < 1.29 is 0 Å². The third-order valence-corrected chi connectivity index (χ3v) is 5.13. The van der Waals surface area contributed by atoms with Crippen molar-refractivity contribution in [3.8, 4) is 0 Å². The third-order valence-electron chi connectivity index (χ3n) is 3.90. The highest BCUT2D eigenvalue weighted by atomic mass is 32.1. The van der Waals surface area contributed by atoms with Crippen LogP contribution in [0.25, 0.3) is 17.7 Å². The molecule has 1 atom stereocenters. The minimum Gasteiger partial charge on any atom is -0.379 e. The Morgan fingerprint density at radius 1 is 1.36 bits per heavy atom. The lowest BCUT2D eigenvalue weighted by Gasteiger charge is -2.20. The van der Waals surface area contributed by atoms with E-state index in [4.69, 9.17) is 0 Å². The van der Waals surface area contributed by atoms with Gasteiger partial charge < -0.3 is 5.32 Å². The standard InChI is InChI=1S/C20H25NS/c1-6-8-12-19-17(7-2)13-20(22-19)16(5)15(4)18-11-9-10-14(3)21-18/h7-14,21H,2,6H2,1,3-5H3/b12-8-,16-15-. The fourth-order valence-corrected chi connectivity index (χ4v) is 3.55. The minimum atomic E-state index is 0.387. The highest BCUT2D eigenvalue weighted by Crippen LogP contribution is 2.33. The maximum Gasteiger partial charge on any atom is 0.0419 e. The smallest absolute Gasteiger partial charge is 0.0419 e. The van der Waals surface area contributed by atoms with Crippen LogP contribution in [0.5, 0.6) is 0 Å². The molecular formula is C20H25NS. The molecule has 2 rings (SSSR count). The normalized spacial score (nSPS) is 18.9. The van der Waals surface area contributed by atoms with E-state index in [1.807, 2.05) is 17.4 Å². The molecule has 0 aliphatic carbocycles. The van der Waals surface area contributed by atoms with E-state index in [1.165, 1.54) is 32.2 Å². The number of hydrogen-bond acceptors (Lipinski definition) is 2. The van der Waals surface area contributed by atoms with Gasteiger partial charge in [0.25, 0.3) is 0 Å². The van der Waals surface area contributed by atoms with Crippen LogP contribution in [0, 0.1) is 0 Å². The average Bonchev–Trinajstić information content (AvgIpc) is 2.94. The molecular weight excluding hydrogens is 286 g/mol. The first-order chi connectivity index (χ1) is 10.6. The van der Waals surface area contributed by atoms with Gasteiger partial charge in [0.05, 0.1) is 0 Å². The molecule has 1 aromatic rings. The van der Waals surface area contributed by atoms with Crippen molar-refractivity contribution >= 4 is 29.1 Å². The van der Waals surface area contributed by atoms with Crippen molar-refractivity contribution in [2.24, 2.45) is 0 Å². The second-order valence-electron chi connectivity index (χ2n) is 5.59. The van der Waals surface area contributed by atoms with Gasteiger partial charge in [-0.05, 0) is 62.1 Å². The second-order valence-corrected chi connectivity index (χ2v) is 6.68. The van der Waals surface area contributed by atoms with E-state index >= 15 is 0 Å². The Morgan fingerprint density at radius 3 is 2.77 bits per heavy atom. The van der Waals surface area contributed by atoms with Gasteiger partial charge in [0.2, 0.25) is 0 Å². The van der Waals surface area contributed by atoms with E-state index in [1.54, 1.807) is 0 Å². The van der Waals surface area contributed by atoms with Gasteiger partial charge in [-0.25, -0.2) is 0 Å². The largest absolute Gasteiger partial charge is 0.379 e. The van der Waals surface area contributed by atoms with Crippen molar-refractivity contribution in [2.75, 3.05) is 0 Å². The molecule has 0 amide bonds. The summed E-state index contributed by atoms with van der Waals surface area (Å²) in [6.07, 6.45) is 13.9. The van der Waals surface area contributed by atoms with Crippen LogP contribution in [0.2, 0.25) is 0 Å². The van der Waals surface area contributed by atoms with E-state index in [2.05, 4.69) is 76.0 Å². The van der Waals surface area contributed by atoms with Gasteiger partial charge in [-0.2, -0.15) is 0 Å². The summed E-state index contributed by atoms with van der Waals surface area (Å²) in [4.78, 5) is 2.60. The molecule has 22 heavy (non-hydrogen) atoms. The first-order valence-electron chi connectivity index (χ1n) is 7.82. The molecule has 1 N–H and O–H groups in total. The maximum atomic E-state index is 3.94. The summed E-state index contributed by atoms with van der Waals surface area (Å²) in [5, 5.41) is 3.52. The van der Waals surface area contributed by atoms with Crippen molar-refractivity contribution in [2.45, 2.75) is 40.2 Å². The lowest BCUT2D eigenvalue weighted by atomic mass is 10.0. The van der Waals surface area contributed by atoms with Crippen molar-refractivity contribution in [1.29, 1.82) is 0 Å². The first-order valence-corrected chi connectivity index (χ1v) is 8.64. The van der Waals surface area contributed by atoms with Crippen LogP contribution in [0.1, 0.15) is 49.4 Å². The lowest BCUT2D eigenvalue weighted by molar-refractivity contribution is 0.725. The van der Waals surface area contributed by atoms with Gasteiger partial charge in [0, 0.05) is 21.5 Å². The van der Waals surface area contributed by atoms with E-state index in [0.717, 1.165) is 6.42 Å². The van der Waals surface area contributed by atoms with Crippen LogP contribution in [0.3, 0.4) is 0 Å². The predicted octanol–water partition coefficient (Wildman–Crippen LogP) is 6.04. The summed E-state index contributed by atoms with van der Waals surface area (Å²) in [5.41, 5.74) is 5.06. The Balaban J connectivity index is 2.38. The minimum absolute atomic E-state index is 0.387. The summed E-state index contributed by atoms with van der Waals surface area (Å²) < 4.78 is 0. The highest BCUT2D eigenvalue weighted by Gasteiger charge is 2.12. The topological polar surface area (TPSA) is 12.0 Å². The van der Waals surface area contributed by atoms with E-state index in [9.17, 15) is 0 Å². The molecule has 0 fully saturated rings. The SMILES string of the molecule is C=Cc1cc(/C(C)=C(/C)C2=CC=CC(C)N2)sc1/C=C\CC. The zero-order chi connectivity index (χ0) is 16.1. The summed E-state index contributed by atoms with van der Waals surface area (Å²) >= 11 is 1.84. The van der Waals surface area contributed by atoms with Crippen LogP contribution >= 0.6 is 11.3 Å². The molecule has 1 nitrogen and oxygen atoms in total. The average molecular weight is 311 g/mol. The van der Waals surface area contributed by atoms with Gasteiger partial charge in [-0.15, -0.1) is 11.3 Å². The first kappa shape index (κ1) is 16.6. The Hall–Kier alpha value is -1.80. The van der Waals surface area contributed by atoms with Crippen LogP contribution in [-0.2, 0) is 0 Å². The van der Waals surface area contributed by atoms with Gasteiger partial charge >= 0.3 is 0 Å². The summed E-state index contributed by atoms with van der Waals surface area (Å²) in [5.74, 6) is 0. The number of hydrogen-bond donors (Lipinski definition) is 1. The van der Waals surface area contributed by atoms with Crippen molar-refractivity contribution in [1.82, 2.24) is 5.32 Å². The molecule has 0 radical (unpaired) electrons. The van der Waals surface area contributed by atoms with Gasteiger partial charge in [0.1, 0.15) is 0 Å². The molecule has 116 valence electrons. The molecule has 2 heterocycles. The number of thiophene rings is 1. The number of nitrogens with one attached hydrogen (secondary N) is 1. The number of dihydropyridines is 1. The maximum absolute atomic E-state index is 3.94.